The van der Waals surface area contributed by atoms with Gasteiger partial charge in [0.1, 0.15) is 5.75 Å². The highest BCUT2D eigenvalue weighted by Gasteiger charge is 2.85. The summed E-state index contributed by atoms with van der Waals surface area (Å²) in [5.74, 6) is 0.0188. The Morgan fingerprint density at radius 1 is 1.07 bits per heavy atom. The minimum Gasteiger partial charge on any atom is -0.543 e. The topological polar surface area (TPSA) is 36.9 Å². The Kier molecular flexibility index (Phi) is 4.48. The molecule has 2 heterocycles. The van der Waals surface area contributed by atoms with Gasteiger partial charge in [-0.2, -0.15) is 4.89 Å². The molecule has 4 atom stereocenters. The van der Waals surface area contributed by atoms with Gasteiger partial charge in [-0.15, -0.1) is 0 Å². The SMILES string of the molecule is CC(C)(C)[C@@]12OO[C@]1(c1cccc(O[Si](C)(C)C(C)(C)C)c1)O[C@H]1CCC[C@@]12C. The van der Waals surface area contributed by atoms with E-state index in [-0.39, 0.29) is 22.0 Å². The minimum absolute atomic E-state index is 0.0697. The zero-order chi connectivity index (χ0) is 21.5. The van der Waals surface area contributed by atoms with Crippen molar-refractivity contribution in [1.82, 2.24) is 0 Å². The maximum absolute atomic E-state index is 6.75. The standard InChI is InChI=1S/C24H38O4Si/c1-20(2,3)24-22(7)15-11-14-19(22)25-23(24,27-28-24)17-12-10-13-18(16-17)26-29(8,9)21(4,5)6/h10,12-13,16,19H,11,14-15H2,1-9H3/t19-,22-,23-,24-/m0/s1. The molecule has 162 valence electrons. The third-order valence-electron chi connectivity index (χ3n) is 8.18. The quantitative estimate of drug-likeness (QED) is 0.411. The van der Waals surface area contributed by atoms with Crippen LogP contribution in [0.5, 0.6) is 5.75 Å². The predicted octanol–water partition coefficient (Wildman–Crippen LogP) is 6.56. The molecule has 5 heteroatoms. The van der Waals surface area contributed by atoms with E-state index in [0.29, 0.717) is 0 Å². The lowest BCUT2D eigenvalue weighted by Crippen LogP contribution is -2.73. The first kappa shape index (κ1) is 21.4. The summed E-state index contributed by atoms with van der Waals surface area (Å²) >= 11 is 0. The van der Waals surface area contributed by atoms with Crippen molar-refractivity contribution in [3.8, 4) is 5.75 Å². The van der Waals surface area contributed by atoms with Crippen molar-refractivity contribution in [3.05, 3.63) is 29.8 Å². The van der Waals surface area contributed by atoms with Gasteiger partial charge in [0.15, 0.2) is 5.60 Å². The molecule has 0 spiro atoms. The Morgan fingerprint density at radius 3 is 2.31 bits per heavy atom. The Hall–Kier alpha value is -0.883. The van der Waals surface area contributed by atoms with Crippen molar-refractivity contribution in [1.29, 1.82) is 0 Å². The Balaban J connectivity index is 1.77. The molecule has 0 amide bonds. The highest BCUT2D eigenvalue weighted by molar-refractivity contribution is 6.74. The Labute approximate surface area is 177 Å². The molecule has 1 aliphatic carbocycles. The van der Waals surface area contributed by atoms with Crippen LogP contribution in [-0.4, -0.2) is 20.0 Å². The van der Waals surface area contributed by atoms with Crippen molar-refractivity contribution >= 4 is 8.32 Å². The van der Waals surface area contributed by atoms with E-state index in [9.17, 15) is 0 Å². The van der Waals surface area contributed by atoms with Crippen LogP contribution >= 0.6 is 0 Å². The lowest BCUT2D eigenvalue weighted by atomic mass is 9.55. The third kappa shape index (κ3) is 2.60. The molecule has 1 saturated carbocycles. The van der Waals surface area contributed by atoms with Gasteiger partial charge in [0.25, 0.3) is 5.79 Å². The molecule has 0 N–H and O–H groups in total. The first-order valence-electron chi connectivity index (χ1n) is 11.0. The van der Waals surface area contributed by atoms with E-state index in [0.717, 1.165) is 24.2 Å². The van der Waals surface area contributed by atoms with Crippen LogP contribution in [0.1, 0.15) is 73.3 Å². The van der Waals surface area contributed by atoms with Crippen LogP contribution in [0.2, 0.25) is 18.1 Å². The van der Waals surface area contributed by atoms with Crippen LogP contribution in [0, 0.1) is 10.8 Å². The van der Waals surface area contributed by atoms with Crippen LogP contribution in [0.4, 0.5) is 0 Å². The fourth-order valence-corrected chi connectivity index (χ4v) is 6.73. The van der Waals surface area contributed by atoms with Gasteiger partial charge >= 0.3 is 0 Å². The molecule has 4 rings (SSSR count). The smallest absolute Gasteiger partial charge is 0.261 e. The molecule has 4 nitrogen and oxygen atoms in total. The summed E-state index contributed by atoms with van der Waals surface area (Å²) in [7, 11) is -1.94. The highest BCUT2D eigenvalue weighted by Crippen LogP contribution is 2.74. The summed E-state index contributed by atoms with van der Waals surface area (Å²) in [4.78, 5) is 12.1. The first-order valence-corrected chi connectivity index (χ1v) is 14.0. The Morgan fingerprint density at radius 2 is 1.76 bits per heavy atom. The van der Waals surface area contributed by atoms with E-state index < -0.39 is 19.7 Å². The highest BCUT2D eigenvalue weighted by atomic mass is 28.4. The fourth-order valence-electron chi connectivity index (χ4n) is 5.71. The molecule has 29 heavy (non-hydrogen) atoms. The van der Waals surface area contributed by atoms with E-state index in [1.807, 2.05) is 0 Å². The summed E-state index contributed by atoms with van der Waals surface area (Å²) in [6.07, 6.45) is 3.48. The van der Waals surface area contributed by atoms with Crippen LogP contribution in [-0.2, 0) is 20.3 Å². The van der Waals surface area contributed by atoms with Crippen molar-refractivity contribution in [3.63, 3.8) is 0 Å². The second-order valence-corrected chi connectivity index (χ2v) is 16.7. The molecule has 3 fully saturated rings. The van der Waals surface area contributed by atoms with Crippen molar-refractivity contribution in [2.24, 2.45) is 10.8 Å². The van der Waals surface area contributed by atoms with E-state index in [1.54, 1.807) is 0 Å². The average Bonchev–Trinajstić information content (AvgIpc) is 2.95. The Bertz CT molecular complexity index is 808. The van der Waals surface area contributed by atoms with Crippen LogP contribution < -0.4 is 4.43 Å². The molecular weight excluding hydrogens is 380 g/mol. The summed E-state index contributed by atoms with van der Waals surface area (Å²) in [6.45, 7) is 20.4. The normalized spacial score (nSPS) is 37.1. The van der Waals surface area contributed by atoms with Crippen LogP contribution in [0.15, 0.2) is 24.3 Å². The molecule has 0 radical (unpaired) electrons. The predicted molar refractivity (Wildman–Crippen MR) is 117 cm³/mol. The van der Waals surface area contributed by atoms with Gasteiger partial charge in [0, 0.05) is 16.4 Å². The zero-order valence-electron chi connectivity index (χ0n) is 19.6. The number of hydrogen-bond donors (Lipinski definition) is 0. The maximum atomic E-state index is 6.75. The van der Waals surface area contributed by atoms with Crippen molar-refractivity contribution < 1.29 is 18.9 Å². The van der Waals surface area contributed by atoms with E-state index in [1.165, 1.54) is 6.42 Å². The van der Waals surface area contributed by atoms with Gasteiger partial charge in [-0.05, 0) is 43.1 Å². The van der Waals surface area contributed by atoms with Crippen LogP contribution in [0.3, 0.4) is 0 Å². The molecule has 0 unspecified atom stereocenters. The number of rotatable bonds is 3. The molecule has 3 aliphatic rings. The molecule has 0 aromatic heterocycles. The molecular formula is C24H38O4Si. The van der Waals surface area contributed by atoms with Gasteiger partial charge < -0.3 is 9.16 Å². The van der Waals surface area contributed by atoms with Gasteiger partial charge in [-0.3, -0.25) is 0 Å². The third-order valence-corrected chi connectivity index (χ3v) is 12.5. The van der Waals surface area contributed by atoms with E-state index in [4.69, 9.17) is 18.9 Å². The van der Waals surface area contributed by atoms with Gasteiger partial charge in [0.2, 0.25) is 8.32 Å². The van der Waals surface area contributed by atoms with Crippen LogP contribution in [0.25, 0.3) is 0 Å². The molecule has 0 bridgehead atoms. The molecule has 1 aromatic rings. The number of fused-ring (bicyclic) bond motifs is 3. The summed E-state index contributed by atoms with van der Waals surface area (Å²) in [6, 6.07) is 8.33. The molecule has 2 aliphatic heterocycles. The summed E-state index contributed by atoms with van der Waals surface area (Å²) in [5.41, 5.74) is 0.268. The van der Waals surface area contributed by atoms with Crippen molar-refractivity contribution in [2.75, 3.05) is 0 Å². The zero-order valence-corrected chi connectivity index (χ0v) is 20.6. The van der Waals surface area contributed by atoms with Gasteiger partial charge in [-0.25, -0.2) is 4.89 Å². The van der Waals surface area contributed by atoms with Gasteiger partial charge in [-0.1, -0.05) is 67.0 Å². The van der Waals surface area contributed by atoms with Crippen molar-refractivity contribution in [2.45, 2.75) is 103 Å². The number of benzene rings is 1. The lowest BCUT2D eigenvalue weighted by Gasteiger charge is -2.61. The van der Waals surface area contributed by atoms with Gasteiger partial charge in [0.05, 0.1) is 6.10 Å². The largest absolute Gasteiger partial charge is 0.543 e. The molecule has 1 aromatic carbocycles. The number of hydrogen-bond acceptors (Lipinski definition) is 4. The summed E-state index contributed by atoms with van der Waals surface area (Å²) < 4.78 is 13.3. The maximum Gasteiger partial charge on any atom is 0.261 e. The second kappa shape index (κ2) is 6.09. The minimum atomic E-state index is -1.94. The second-order valence-electron chi connectivity index (χ2n) is 12.0. The monoisotopic (exact) mass is 418 g/mol. The fraction of sp³-hybridized carbons (Fsp3) is 0.750. The molecule has 2 saturated heterocycles. The van der Waals surface area contributed by atoms with E-state index in [2.05, 4.69) is 85.8 Å². The number of ether oxygens (including phenoxy) is 1. The first-order chi connectivity index (χ1) is 13.2. The summed E-state index contributed by atoms with van der Waals surface area (Å²) in [5, 5.41) is 0.140. The van der Waals surface area contributed by atoms with E-state index >= 15 is 0 Å². The average molecular weight is 419 g/mol. The lowest BCUT2D eigenvalue weighted by molar-refractivity contribution is -0.628.